The molecule has 0 amide bonds. The highest BCUT2D eigenvalue weighted by Crippen LogP contribution is 2.23. The van der Waals surface area contributed by atoms with E-state index in [-0.39, 0.29) is 0 Å². The van der Waals surface area contributed by atoms with Crippen LogP contribution in [0.15, 0.2) is 102 Å². The minimum absolute atomic E-state index is 0.320. The van der Waals surface area contributed by atoms with Gasteiger partial charge in [-0.05, 0) is 29.8 Å². The number of nitrogens with two attached hydrogens (primary N) is 1. The highest BCUT2D eigenvalue weighted by Gasteiger charge is 2.04. The Morgan fingerprint density at radius 3 is 2.47 bits per heavy atom. The lowest BCUT2D eigenvalue weighted by molar-refractivity contribution is 0.483. The first-order valence-corrected chi connectivity index (χ1v) is 9.70. The number of rotatable bonds is 7. The molecule has 3 N–H and O–H groups in total. The minimum atomic E-state index is 0.320. The van der Waals surface area contributed by atoms with Crippen molar-refractivity contribution in [3.63, 3.8) is 0 Å². The zero-order chi connectivity index (χ0) is 20.6. The fraction of sp³-hybridized carbons (Fsp3) is 0.0833. The molecule has 0 aliphatic carbocycles. The molecule has 6 heteroatoms. The van der Waals surface area contributed by atoms with Crippen molar-refractivity contribution in [2.24, 2.45) is 10.7 Å². The third-order valence-electron chi connectivity index (χ3n) is 4.47. The SMILES string of the molecule is NC(=NCc1nccn1Cc1ccccc1)Nc1cccc(Oc2ccccc2)c1. The average Bonchev–Trinajstić information content (AvgIpc) is 3.21. The van der Waals surface area contributed by atoms with Gasteiger partial charge in [-0.2, -0.15) is 0 Å². The summed E-state index contributed by atoms with van der Waals surface area (Å²) in [6.45, 7) is 1.14. The van der Waals surface area contributed by atoms with Crippen molar-refractivity contribution >= 4 is 11.6 Å². The van der Waals surface area contributed by atoms with Crippen LogP contribution in [0, 0.1) is 0 Å². The van der Waals surface area contributed by atoms with Crippen molar-refractivity contribution in [1.82, 2.24) is 9.55 Å². The standard InChI is InChI=1S/C24H23N5O/c25-24(27-17-23-26-14-15-29(23)18-19-8-3-1-4-9-19)28-20-10-7-13-22(16-20)30-21-11-5-2-6-12-21/h1-16H,17-18H2,(H3,25,27,28). The molecule has 0 aliphatic heterocycles. The van der Waals surface area contributed by atoms with Gasteiger partial charge in [0.15, 0.2) is 5.96 Å². The molecule has 4 rings (SSSR count). The lowest BCUT2D eigenvalue weighted by Gasteiger charge is -2.10. The highest BCUT2D eigenvalue weighted by molar-refractivity contribution is 5.92. The molecule has 0 atom stereocenters. The van der Waals surface area contributed by atoms with Gasteiger partial charge in [-0.25, -0.2) is 9.98 Å². The van der Waals surface area contributed by atoms with Crippen molar-refractivity contribution in [2.45, 2.75) is 13.1 Å². The highest BCUT2D eigenvalue weighted by atomic mass is 16.5. The number of nitrogens with zero attached hydrogens (tertiary/aromatic N) is 3. The van der Waals surface area contributed by atoms with Crippen LogP contribution in [0.25, 0.3) is 0 Å². The summed E-state index contributed by atoms with van der Waals surface area (Å²) in [5.41, 5.74) is 8.10. The van der Waals surface area contributed by atoms with Crippen LogP contribution >= 0.6 is 0 Å². The second kappa shape index (κ2) is 9.43. The van der Waals surface area contributed by atoms with E-state index in [1.807, 2.05) is 79.0 Å². The summed E-state index contributed by atoms with van der Waals surface area (Å²) in [4.78, 5) is 8.84. The van der Waals surface area contributed by atoms with Crippen molar-refractivity contribution in [1.29, 1.82) is 0 Å². The largest absolute Gasteiger partial charge is 0.457 e. The lowest BCUT2D eigenvalue weighted by Crippen LogP contribution is -2.22. The Morgan fingerprint density at radius 1 is 0.933 bits per heavy atom. The summed E-state index contributed by atoms with van der Waals surface area (Å²) < 4.78 is 7.93. The number of ether oxygens (including phenoxy) is 1. The van der Waals surface area contributed by atoms with Crippen molar-refractivity contribution in [3.8, 4) is 11.5 Å². The molecule has 30 heavy (non-hydrogen) atoms. The number of para-hydroxylation sites is 1. The Labute approximate surface area is 175 Å². The molecule has 0 aliphatic rings. The fourth-order valence-corrected chi connectivity index (χ4v) is 3.02. The van der Waals surface area contributed by atoms with Gasteiger partial charge in [0.25, 0.3) is 0 Å². The van der Waals surface area contributed by atoms with Crippen LogP contribution in [0.3, 0.4) is 0 Å². The zero-order valence-electron chi connectivity index (χ0n) is 16.5. The third-order valence-corrected chi connectivity index (χ3v) is 4.47. The normalized spacial score (nSPS) is 11.3. The fourth-order valence-electron chi connectivity index (χ4n) is 3.02. The van der Waals surface area contributed by atoms with Gasteiger partial charge in [-0.15, -0.1) is 0 Å². The van der Waals surface area contributed by atoms with Crippen LogP contribution < -0.4 is 15.8 Å². The van der Waals surface area contributed by atoms with Crippen LogP contribution in [-0.4, -0.2) is 15.5 Å². The van der Waals surface area contributed by atoms with E-state index in [1.54, 1.807) is 6.20 Å². The van der Waals surface area contributed by atoms with Crippen LogP contribution in [0.2, 0.25) is 0 Å². The number of benzene rings is 3. The predicted molar refractivity (Wildman–Crippen MR) is 120 cm³/mol. The van der Waals surface area contributed by atoms with Gasteiger partial charge in [0.1, 0.15) is 23.9 Å². The molecule has 0 bridgehead atoms. The Hall–Kier alpha value is -4.06. The summed E-state index contributed by atoms with van der Waals surface area (Å²) >= 11 is 0. The predicted octanol–water partition coefficient (Wildman–Crippen LogP) is 4.65. The molecule has 0 fully saturated rings. The molecule has 1 aromatic heterocycles. The molecule has 0 saturated heterocycles. The summed E-state index contributed by atoms with van der Waals surface area (Å²) in [7, 11) is 0. The van der Waals surface area contributed by atoms with Gasteiger partial charge in [0.2, 0.25) is 0 Å². The zero-order valence-corrected chi connectivity index (χ0v) is 16.5. The number of aromatic nitrogens is 2. The van der Waals surface area contributed by atoms with Crippen LogP contribution in [-0.2, 0) is 13.1 Å². The Bertz CT molecular complexity index is 1110. The first-order valence-electron chi connectivity index (χ1n) is 9.70. The number of nitrogens with one attached hydrogen (secondary N) is 1. The van der Waals surface area contributed by atoms with Gasteiger partial charge >= 0.3 is 0 Å². The van der Waals surface area contributed by atoms with E-state index in [0.717, 1.165) is 29.6 Å². The van der Waals surface area contributed by atoms with Gasteiger partial charge in [-0.3, -0.25) is 0 Å². The molecule has 0 radical (unpaired) electrons. The number of aliphatic imine (C=N–C) groups is 1. The Balaban J connectivity index is 1.38. The van der Waals surface area contributed by atoms with Gasteiger partial charge in [0.05, 0.1) is 0 Å². The van der Waals surface area contributed by atoms with E-state index in [4.69, 9.17) is 10.5 Å². The van der Waals surface area contributed by atoms with Crippen LogP contribution in [0.5, 0.6) is 11.5 Å². The molecule has 6 nitrogen and oxygen atoms in total. The van der Waals surface area contributed by atoms with Gasteiger partial charge in [0, 0.05) is 30.7 Å². The van der Waals surface area contributed by atoms with E-state index in [2.05, 4.69) is 32.0 Å². The van der Waals surface area contributed by atoms with E-state index in [0.29, 0.717) is 12.5 Å². The van der Waals surface area contributed by atoms with Gasteiger partial charge in [-0.1, -0.05) is 54.6 Å². The Kier molecular flexibility index (Phi) is 6.05. The smallest absolute Gasteiger partial charge is 0.193 e. The topological polar surface area (TPSA) is 77.5 Å². The molecular formula is C24H23N5O. The quantitative estimate of drug-likeness (QED) is 0.351. The average molecular weight is 397 g/mol. The third kappa shape index (κ3) is 5.26. The summed E-state index contributed by atoms with van der Waals surface area (Å²) in [5.74, 6) is 2.67. The maximum absolute atomic E-state index is 6.09. The number of hydrogen-bond donors (Lipinski definition) is 2. The molecule has 1 heterocycles. The summed E-state index contributed by atoms with van der Waals surface area (Å²) in [5, 5.41) is 3.11. The molecule has 4 aromatic rings. The first-order chi connectivity index (χ1) is 14.8. The van der Waals surface area contributed by atoms with E-state index in [9.17, 15) is 0 Å². The van der Waals surface area contributed by atoms with Crippen LogP contribution in [0.4, 0.5) is 5.69 Å². The van der Waals surface area contributed by atoms with Crippen molar-refractivity contribution in [3.05, 3.63) is 109 Å². The second-order valence-corrected chi connectivity index (χ2v) is 6.73. The molecule has 0 saturated carbocycles. The van der Waals surface area contributed by atoms with Crippen molar-refractivity contribution in [2.75, 3.05) is 5.32 Å². The van der Waals surface area contributed by atoms with E-state index < -0.39 is 0 Å². The maximum atomic E-state index is 6.09. The number of anilines is 1. The molecule has 0 spiro atoms. The minimum Gasteiger partial charge on any atom is -0.457 e. The van der Waals surface area contributed by atoms with E-state index >= 15 is 0 Å². The number of hydrogen-bond acceptors (Lipinski definition) is 3. The lowest BCUT2D eigenvalue weighted by atomic mass is 10.2. The summed E-state index contributed by atoms with van der Waals surface area (Å²) in [6.07, 6.45) is 3.73. The monoisotopic (exact) mass is 397 g/mol. The van der Waals surface area contributed by atoms with E-state index in [1.165, 1.54) is 5.56 Å². The molecule has 3 aromatic carbocycles. The van der Waals surface area contributed by atoms with Crippen molar-refractivity contribution < 1.29 is 4.74 Å². The molecule has 150 valence electrons. The Morgan fingerprint density at radius 2 is 1.67 bits per heavy atom. The summed E-state index contributed by atoms with van der Waals surface area (Å²) in [6, 6.07) is 27.5. The van der Waals surface area contributed by atoms with Crippen LogP contribution in [0.1, 0.15) is 11.4 Å². The maximum Gasteiger partial charge on any atom is 0.193 e. The number of imidazole rings is 1. The van der Waals surface area contributed by atoms with Gasteiger partial charge < -0.3 is 20.4 Å². The first kappa shape index (κ1) is 19.3. The molecular weight excluding hydrogens is 374 g/mol. The second-order valence-electron chi connectivity index (χ2n) is 6.73. The number of guanidine groups is 1. The molecule has 0 unspecified atom stereocenters.